The molecule has 214 valence electrons. The van der Waals surface area contributed by atoms with Gasteiger partial charge in [0.1, 0.15) is 11.5 Å². The number of anilines is 1. The number of hydrogen-bond acceptors (Lipinski definition) is 8. The molecule has 4 aromatic rings. The second kappa shape index (κ2) is 14.1. The summed E-state index contributed by atoms with van der Waals surface area (Å²) >= 11 is 0. The van der Waals surface area contributed by atoms with E-state index in [9.17, 15) is 14.4 Å². The quantitative estimate of drug-likeness (QED) is 0.109. The molecule has 0 spiro atoms. The number of hydrogen-bond donors (Lipinski definition) is 2. The smallest absolute Gasteiger partial charge is 0.343 e. The Kier molecular flexibility index (Phi) is 9.87. The van der Waals surface area contributed by atoms with E-state index in [1.54, 1.807) is 105 Å². The van der Waals surface area contributed by atoms with Crippen molar-refractivity contribution in [1.82, 2.24) is 5.43 Å². The first-order chi connectivity index (χ1) is 20.4. The number of methoxy groups -OCH3 is 2. The van der Waals surface area contributed by atoms with Crippen LogP contribution in [0.4, 0.5) is 5.69 Å². The highest BCUT2D eigenvalue weighted by Gasteiger charge is 2.14. The molecule has 0 fully saturated rings. The van der Waals surface area contributed by atoms with Crippen LogP contribution in [0.25, 0.3) is 0 Å². The summed E-state index contributed by atoms with van der Waals surface area (Å²) in [5.74, 6) is 0.515. The average Bonchev–Trinajstić information content (AvgIpc) is 3.02. The van der Waals surface area contributed by atoms with Crippen molar-refractivity contribution in [2.75, 3.05) is 26.1 Å². The van der Waals surface area contributed by atoms with Crippen LogP contribution in [0.1, 0.15) is 43.6 Å². The molecule has 4 rings (SSSR count). The van der Waals surface area contributed by atoms with Crippen molar-refractivity contribution in [2.45, 2.75) is 6.92 Å². The predicted molar refractivity (Wildman–Crippen MR) is 158 cm³/mol. The Morgan fingerprint density at radius 1 is 0.738 bits per heavy atom. The maximum atomic E-state index is 12.7. The maximum Gasteiger partial charge on any atom is 0.343 e. The van der Waals surface area contributed by atoms with Crippen molar-refractivity contribution in [1.29, 1.82) is 0 Å². The fourth-order valence-electron chi connectivity index (χ4n) is 3.76. The van der Waals surface area contributed by atoms with E-state index >= 15 is 0 Å². The monoisotopic (exact) mass is 567 g/mol. The third-order valence-electron chi connectivity index (χ3n) is 5.91. The average molecular weight is 568 g/mol. The summed E-state index contributed by atoms with van der Waals surface area (Å²) in [6.07, 6.45) is 1.44. The lowest BCUT2D eigenvalue weighted by Crippen LogP contribution is -2.18. The fraction of sp³-hybridized carbons (Fsp3) is 0.125. The fourth-order valence-corrected chi connectivity index (χ4v) is 3.76. The molecule has 0 aliphatic carbocycles. The van der Waals surface area contributed by atoms with Crippen LogP contribution >= 0.6 is 0 Å². The Bertz CT molecular complexity index is 1580. The topological polar surface area (TPSA) is 125 Å². The number of carbonyl (C=O) groups is 3. The molecule has 0 aliphatic rings. The Hall–Kier alpha value is -5.64. The zero-order valence-corrected chi connectivity index (χ0v) is 23.2. The third-order valence-corrected chi connectivity index (χ3v) is 5.91. The van der Waals surface area contributed by atoms with Crippen molar-refractivity contribution in [3.05, 3.63) is 113 Å². The first-order valence-corrected chi connectivity index (χ1v) is 12.9. The second-order valence-electron chi connectivity index (χ2n) is 8.72. The van der Waals surface area contributed by atoms with Gasteiger partial charge in [-0.3, -0.25) is 9.59 Å². The second-order valence-corrected chi connectivity index (χ2v) is 8.72. The van der Waals surface area contributed by atoms with Crippen LogP contribution in [0.3, 0.4) is 0 Å². The molecule has 10 nitrogen and oxygen atoms in total. The van der Waals surface area contributed by atoms with Crippen LogP contribution in [0.5, 0.6) is 23.0 Å². The maximum absolute atomic E-state index is 12.7. The number of nitrogens with zero attached hydrogens (tertiary/aromatic N) is 1. The molecule has 2 N–H and O–H groups in total. The van der Waals surface area contributed by atoms with Gasteiger partial charge in [-0.1, -0.05) is 6.07 Å². The Morgan fingerprint density at radius 2 is 1.40 bits per heavy atom. The molecule has 2 amide bonds. The van der Waals surface area contributed by atoms with Gasteiger partial charge in [0.2, 0.25) is 0 Å². The van der Waals surface area contributed by atoms with Crippen molar-refractivity contribution in [2.24, 2.45) is 5.10 Å². The van der Waals surface area contributed by atoms with E-state index in [4.69, 9.17) is 18.9 Å². The van der Waals surface area contributed by atoms with Gasteiger partial charge in [-0.2, -0.15) is 5.10 Å². The number of rotatable bonds is 11. The van der Waals surface area contributed by atoms with Crippen LogP contribution in [-0.4, -0.2) is 44.8 Å². The summed E-state index contributed by atoms with van der Waals surface area (Å²) in [5.41, 5.74) is 4.63. The van der Waals surface area contributed by atoms with E-state index in [1.165, 1.54) is 6.21 Å². The number of benzene rings is 4. The highest BCUT2D eigenvalue weighted by molar-refractivity contribution is 6.05. The molecule has 0 aromatic heterocycles. The molecule has 0 bridgehead atoms. The van der Waals surface area contributed by atoms with Crippen molar-refractivity contribution >= 4 is 29.7 Å². The summed E-state index contributed by atoms with van der Waals surface area (Å²) < 4.78 is 21.4. The lowest BCUT2D eigenvalue weighted by molar-refractivity contribution is 0.0728. The van der Waals surface area contributed by atoms with Crippen LogP contribution in [-0.2, 0) is 0 Å². The summed E-state index contributed by atoms with van der Waals surface area (Å²) in [6, 6.07) is 24.6. The molecule has 4 aromatic carbocycles. The van der Waals surface area contributed by atoms with Gasteiger partial charge in [0.05, 0.1) is 32.6 Å². The molecule has 0 atom stereocenters. The van der Waals surface area contributed by atoms with Gasteiger partial charge >= 0.3 is 5.97 Å². The summed E-state index contributed by atoms with van der Waals surface area (Å²) in [6.45, 7) is 2.15. The molecular formula is C32H29N3O7. The lowest BCUT2D eigenvalue weighted by Gasteiger charge is -2.11. The van der Waals surface area contributed by atoms with Gasteiger partial charge in [0, 0.05) is 16.8 Å². The van der Waals surface area contributed by atoms with Crippen LogP contribution in [0.15, 0.2) is 96.1 Å². The minimum atomic E-state index is -0.547. The van der Waals surface area contributed by atoms with Crippen molar-refractivity contribution in [3.63, 3.8) is 0 Å². The highest BCUT2D eigenvalue weighted by atomic mass is 16.6. The minimum absolute atomic E-state index is 0.243. The molecule has 0 saturated heterocycles. The number of amides is 2. The van der Waals surface area contributed by atoms with Crippen molar-refractivity contribution < 1.29 is 33.3 Å². The zero-order valence-electron chi connectivity index (χ0n) is 23.2. The molecule has 0 radical (unpaired) electrons. The number of hydrazone groups is 1. The molecule has 0 aliphatic heterocycles. The number of carbonyl (C=O) groups excluding carboxylic acids is 3. The molecule has 0 saturated carbocycles. The van der Waals surface area contributed by atoms with Gasteiger partial charge in [0.25, 0.3) is 11.8 Å². The SMILES string of the molecule is CCOc1cc(C=NNC(=O)c2cccc(NC(=O)c3ccc(OC)cc3)c2)ccc1OC(=O)c1ccc(OC)cc1. The first kappa shape index (κ1) is 29.3. The normalized spacial score (nSPS) is 10.5. The highest BCUT2D eigenvalue weighted by Crippen LogP contribution is 2.29. The molecule has 0 heterocycles. The number of esters is 1. The zero-order chi connectivity index (χ0) is 29.9. The molecule has 10 heteroatoms. The van der Waals surface area contributed by atoms with E-state index < -0.39 is 11.9 Å². The van der Waals surface area contributed by atoms with Gasteiger partial charge in [-0.15, -0.1) is 0 Å². The standard InChI is InChI=1S/C32H29N3O7/c1-4-41-29-18-21(8-17-28(29)42-32(38)23-11-15-27(40-3)16-12-23)20-33-35-31(37)24-6-5-7-25(19-24)34-30(36)22-9-13-26(39-2)14-10-22/h5-20H,4H2,1-3H3,(H,34,36)(H,35,37). The molecule has 42 heavy (non-hydrogen) atoms. The summed E-state index contributed by atoms with van der Waals surface area (Å²) in [4.78, 5) is 37.8. The number of nitrogens with one attached hydrogen (secondary N) is 2. The van der Waals surface area contributed by atoms with E-state index in [-0.39, 0.29) is 11.7 Å². The van der Waals surface area contributed by atoms with Crippen LogP contribution in [0, 0.1) is 0 Å². The summed E-state index contributed by atoms with van der Waals surface area (Å²) in [7, 11) is 3.09. The van der Waals surface area contributed by atoms with Gasteiger partial charge in [-0.05, 0) is 97.4 Å². The molecular weight excluding hydrogens is 538 g/mol. The number of ether oxygens (including phenoxy) is 4. The predicted octanol–water partition coefficient (Wildman–Crippen LogP) is 5.34. The minimum Gasteiger partial charge on any atom is -0.497 e. The Morgan fingerprint density at radius 3 is 2.05 bits per heavy atom. The summed E-state index contributed by atoms with van der Waals surface area (Å²) in [5, 5.41) is 6.80. The van der Waals surface area contributed by atoms with E-state index in [0.717, 1.165) is 0 Å². The lowest BCUT2D eigenvalue weighted by atomic mass is 10.1. The van der Waals surface area contributed by atoms with Gasteiger partial charge in [0.15, 0.2) is 11.5 Å². The Labute approximate surface area is 242 Å². The first-order valence-electron chi connectivity index (χ1n) is 12.9. The van der Waals surface area contributed by atoms with Crippen LogP contribution in [0.2, 0.25) is 0 Å². The Balaban J connectivity index is 1.38. The molecule has 0 unspecified atom stereocenters. The largest absolute Gasteiger partial charge is 0.497 e. The van der Waals surface area contributed by atoms with E-state index in [0.29, 0.717) is 51.8 Å². The van der Waals surface area contributed by atoms with Gasteiger partial charge in [-0.25, -0.2) is 10.2 Å². The van der Waals surface area contributed by atoms with Gasteiger partial charge < -0.3 is 24.3 Å². The van der Waals surface area contributed by atoms with E-state index in [1.807, 2.05) is 6.92 Å². The van der Waals surface area contributed by atoms with E-state index in [2.05, 4.69) is 15.8 Å². The van der Waals surface area contributed by atoms with Crippen LogP contribution < -0.4 is 29.7 Å². The van der Waals surface area contributed by atoms with Crippen molar-refractivity contribution in [3.8, 4) is 23.0 Å². The third kappa shape index (κ3) is 7.72.